The highest BCUT2D eigenvalue weighted by Gasteiger charge is 1.99. The molecule has 1 N–H and O–H groups in total. The molecular formula is C14H15NO. The van der Waals surface area contributed by atoms with E-state index in [0.717, 1.165) is 12.8 Å². The lowest BCUT2D eigenvalue weighted by Gasteiger charge is -1.97. The summed E-state index contributed by atoms with van der Waals surface area (Å²) in [6.45, 7) is 0. The summed E-state index contributed by atoms with van der Waals surface area (Å²) in [6, 6.07) is 10.3. The molecule has 1 aromatic carbocycles. The monoisotopic (exact) mass is 213 g/mol. The van der Waals surface area contributed by atoms with E-state index in [-0.39, 0.29) is 0 Å². The molecule has 1 aromatic heterocycles. The van der Waals surface area contributed by atoms with Gasteiger partial charge in [0.1, 0.15) is 5.78 Å². The third-order valence-corrected chi connectivity index (χ3v) is 2.56. The number of fused-ring (bicyclic) bond motifs is 1. The molecule has 16 heavy (non-hydrogen) atoms. The number of carbonyl (C=O) groups excluding carboxylic acids is 1. The molecule has 0 fully saturated rings. The van der Waals surface area contributed by atoms with Crippen LogP contribution < -0.4 is 0 Å². The Morgan fingerprint density at radius 3 is 2.56 bits per heavy atom. The molecule has 0 saturated heterocycles. The van der Waals surface area contributed by atoms with Gasteiger partial charge in [0, 0.05) is 24.6 Å². The Bertz CT molecular complexity index is 466. The fourth-order valence-electron chi connectivity index (χ4n) is 1.67. The maximum absolute atomic E-state index is 10.4. The van der Waals surface area contributed by atoms with Crippen molar-refractivity contribution in [2.45, 2.75) is 19.3 Å². The van der Waals surface area contributed by atoms with Crippen LogP contribution in [0.15, 0.2) is 48.7 Å². The van der Waals surface area contributed by atoms with Gasteiger partial charge in [0.05, 0.1) is 0 Å². The number of hydrogen-bond donors (Lipinski definition) is 1. The first kappa shape index (κ1) is 10.7. The summed E-state index contributed by atoms with van der Waals surface area (Å²) in [5, 5.41) is 1.28. The molecule has 3 rings (SSSR count). The fraction of sp³-hybridized carbons (Fsp3) is 0.214. The number of aromatic nitrogens is 1. The van der Waals surface area contributed by atoms with Crippen molar-refractivity contribution in [3.05, 3.63) is 48.7 Å². The van der Waals surface area contributed by atoms with E-state index in [4.69, 9.17) is 0 Å². The quantitative estimate of drug-likeness (QED) is 0.668. The number of nitrogens with one attached hydrogen (secondary N) is 1. The van der Waals surface area contributed by atoms with Crippen LogP contribution in [0, 0.1) is 0 Å². The molecule has 0 unspecified atom stereocenters. The third kappa shape index (κ3) is 2.83. The van der Waals surface area contributed by atoms with E-state index >= 15 is 0 Å². The first-order valence-corrected chi connectivity index (χ1v) is 5.55. The molecule has 0 spiro atoms. The number of H-pyrrole nitrogens is 1. The zero-order chi connectivity index (χ0) is 11.2. The molecule has 0 bridgehead atoms. The van der Waals surface area contributed by atoms with Gasteiger partial charge in [0.15, 0.2) is 0 Å². The minimum atomic E-state index is 0.377. The number of allylic oxidation sites excluding steroid dienone is 2. The lowest BCUT2D eigenvalue weighted by molar-refractivity contribution is -0.118. The molecule has 0 aliphatic heterocycles. The Hall–Kier alpha value is -1.83. The Kier molecular flexibility index (Phi) is 3.54. The molecule has 1 aliphatic carbocycles. The fourth-order valence-corrected chi connectivity index (χ4v) is 1.67. The van der Waals surface area contributed by atoms with Crippen LogP contribution in [0.3, 0.4) is 0 Å². The Morgan fingerprint density at radius 1 is 1.06 bits per heavy atom. The zero-order valence-electron chi connectivity index (χ0n) is 9.15. The van der Waals surface area contributed by atoms with Gasteiger partial charge in [-0.2, -0.15) is 0 Å². The highest BCUT2D eigenvalue weighted by molar-refractivity contribution is 5.80. The van der Waals surface area contributed by atoms with E-state index in [1.54, 1.807) is 0 Å². The number of aromatic amines is 1. The number of rotatable bonds is 0. The molecule has 82 valence electrons. The number of benzene rings is 1. The van der Waals surface area contributed by atoms with Gasteiger partial charge in [0.2, 0.25) is 0 Å². The van der Waals surface area contributed by atoms with E-state index in [1.807, 2.05) is 24.4 Å². The average Bonchev–Trinajstić information content (AvgIpc) is 2.79. The summed E-state index contributed by atoms with van der Waals surface area (Å²) in [5.41, 5.74) is 1.21. The first-order chi connectivity index (χ1) is 7.86. The normalized spacial score (nSPS) is 14.6. The van der Waals surface area contributed by atoms with Crippen molar-refractivity contribution in [2.75, 3.05) is 0 Å². The number of hydrogen-bond acceptors (Lipinski definition) is 1. The lowest BCUT2D eigenvalue weighted by Crippen LogP contribution is -1.97. The second kappa shape index (κ2) is 5.31. The van der Waals surface area contributed by atoms with E-state index in [2.05, 4.69) is 29.3 Å². The molecule has 0 amide bonds. The summed E-state index contributed by atoms with van der Waals surface area (Å²) in [5.74, 6) is 0.377. The Labute approximate surface area is 95.0 Å². The van der Waals surface area contributed by atoms with Crippen molar-refractivity contribution in [2.24, 2.45) is 0 Å². The van der Waals surface area contributed by atoms with Crippen LogP contribution in [-0.2, 0) is 4.79 Å². The predicted molar refractivity (Wildman–Crippen MR) is 66.3 cm³/mol. The van der Waals surface area contributed by atoms with Crippen LogP contribution in [0.2, 0.25) is 0 Å². The van der Waals surface area contributed by atoms with E-state index in [9.17, 15) is 4.79 Å². The maximum atomic E-state index is 10.4. The lowest BCUT2D eigenvalue weighted by atomic mass is 10.1. The van der Waals surface area contributed by atoms with E-state index in [1.165, 1.54) is 10.9 Å². The highest BCUT2D eigenvalue weighted by Crippen LogP contribution is 2.09. The van der Waals surface area contributed by atoms with Gasteiger partial charge in [-0.25, -0.2) is 0 Å². The van der Waals surface area contributed by atoms with Gasteiger partial charge in [-0.05, 0) is 23.9 Å². The molecule has 2 nitrogen and oxygen atoms in total. The van der Waals surface area contributed by atoms with Gasteiger partial charge >= 0.3 is 0 Å². The van der Waals surface area contributed by atoms with Crippen LogP contribution in [0.5, 0.6) is 0 Å². The van der Waals surface area contributed by atoms with Gasteiger partial charge in [-0.15, -0.1) is 0 Å². The first-order valence-electron chi connectivity index (χ1n) is 5.55. The molecule has 2 heteroatoms. The van der Waals surface area contributed by atoms with Crippen LogP contribution in [0.25, 0.3) is 10.9 Å². The summed E-state index contributed by atoms with van der Waals surface area (Å²) in [7, 11) is 0. The second-order valence-electron chi connectivity index (χ2n) is 3.82. The number of carbonyl (C=O) groups is 1. The SMILES string of the molecule is O=C1CC=CCC1.c1ccc2[nH]ccc2c1. The topological polar surface area (TPSA) is 32.9 Å². The average molecular weight is 213 g/mol. The molecule has 0 saturated carbocycles. The van der Waals surface area contributed by atoms with Crippen molar-refractivity contribution < 1.29 is 4.79 Å². The molecule has 2 aromatic rings. The van der Waals surface area contributed by atoms with Gasteiger partial charge < -0.3 is 4.98 Å². The zero-order valence-corrected chi connectivity index (χ0v) is 9.15. The minimum Gasteiger partial charge on any atom is -0.361 e. The third-order valence-electron chi connectivity index (χ3n) is 2.56. The minimum absolute atomic E-state index is 0.377. The van der Waals surface area contributed by atoms with Crippen molar-refractivity contribution in [1.29, 1.82) is 0 Å². The van der Waals surface area contributed by atoms with E-state index in [0.29, 0.717) is 12.2 Å². The van der Waals surface area contributed by atoms with Crippen LogP contribution in [0.1, 0.15) is 19.3 Å². The molecule has 1 heterocycles. The van der Waals surface area contributed by atoms with Crippen LogP contribution >= 0.6 is 0 Å². The highest BCUT2D eigenvalue weighted by atomic mass is 16.1. The Balaban J connectivity index is 0.000000125. The molecule has 0 radical (unpaired) electrons. The van der Waals surface area contributed by atoms with Crippen molar-refractivity contribution in [3.8, 4) is 0 Å². The predicted octanol–water partition coefficient (Wildman–Crippen LogP) is 3.46. The van der Waals surface area contributed by atoms with E-state index < -0.39 is 0 Å². The smallest absolute Gasteiger partial charge is 0.136 e. The molecule has 0 atom stereocenters. The largest absolute Gasteiger partial charge is 0.361 e. The van der Waals surface area contributed by atoms with Gasteiger partial charge in [0.25, 0.3) is 0 Å². The number of ketones is 1. The molecule has 1 aliphatic rings. The number of Topliss-reactive ketones (excluding diaryl/α,β-unsaturated/α-hetero) is 1. The summed E-state index contributed by atoms with van der Waals surface area (Å²) < 4.78 is 0. The van der Waals surface area contributed by atoms with Crippen molar-refractivity contribution >= 4 is 16.7 Å². The van der Waals surface area contributed by atoms with Crippen molar-refractivity contribution in [1.82, 2.24) is 4.98 Å². The Morgan fingerprint density at radius 2 is 1.94 bits per heavy atom. The summed E-state index contributed by atoms with van der Waals surface area (Å²) >= 11 is 0. The van der Waals surface area contributed by atoms with Gasteiger partial charge in [-0.1, -0.05) is 30.4 Å². The second-order valence-corrected chi connectivity index (χ2v) is 3.82. The number of para-hydroxylation sites is 1. The van der Waals surface area contributed by atoms with Crippen LogP contribution in [0.4, 0.5) is 0 Å². The summed E-state index contributed by atoms with van der Waals surface area (Å²) in [6.07, 6.45) is 8.33. The van der Waals surface area contributed by atoms with Gasteiger partial charge in [-0.3, -0.25) is 4.79 Å². The summed E-state index contributed by atoms with van der Waals surface area (Å²) in [4.78, 5) is 13.5. The maximum Gasteiger partial charge on any atom is 0.136 e. The molecular weight excluding hydrogens is 198 g/mol. The van der Waals surface area contributed by atoms with Crippen LogP contribution in [-0.4, -0.2) is 10.8 Å². The van der Waals surface area contributed by atoms with Crippen molar-refractivity contribution in [3.63, 3.8) is 0 Å². The standard InChI is InChI=1S/C8H7N.C6H8O/c1-2-4-8-7(3-1)5-6-9-8;7-6-4-2-1-3-5-6/h1-6,9H;1-2H,3-5H2.